The number of carbonyl (C=O) groups is 1. The Labute approximate surface area is 249 Å². The quantitative estimate of drug-likeness (QED) is 0.280. The maximum atomic E-state index is 12.0. The van der Waals surface area contributed by atoms with Gasteiger partial charge >= 0.3 is 5.97 Å². The number of carbonyl (C=O) groups excluding carboxylic acids is 1. The largest absolute Gasteiger partial charge is 0.493 e. The molecule has 1 aliphatic heterocycles. The number of esters is 1. The summed E-state index contributed by atoms with van der Waals surface area (Å²) in [6.45, 7) is 5.70. The third-order valence-corrected chi connectivity index (χ3v) is 10.9. The van der Waals surface area contributed by atoms with Crippen LogP contribution in [0.3, 0.4) is 0 Å². The van der Waals surface area contributed by atoms with Crippen LogP contribution in [0.2, 0.25) is 0 Å². The van der Waals surface area contributed by atoms with Gasteiger partial charge in [0, 0.05) is 17.6 Å². The van der Waals surface area contributed by atoms with E-state index < -0.39 is 9.84 Å². The van der Waals surface area contributed by atoms with Crippen LogP contribution in [0.1, 0.15) is 67.7 Å². The number of sulfone groups is 1. The molecule has 1 heterocycles. The molecule has 0 radical (unpaired) electrons. The number of hydrogen-bond acceptors (Lipinski definition) is 6. The number of benzene rings is 3. The Kier molecular flexibility index (Phi) is 8.05. The molecular formula is C35H41NO5S. The van der Waals surface area contributed by atoms with Gasteiger partial charge in [-0.15, -0.1) is 0 Å². The molecule has 2 fully saturated rings. The summed E-state index contributed by atoms with van der Waals surface area (Å²) in [5.74, 6) is 1.60. The summed E-state index contributed by atoms with van der Waals surface area (Å²) in [4.78, 5) is 12.0. The van der Waals surface area contributed by atoms with Gasteiger partial charge in [0.2, 0.25) is 0 Å². The Bertz CT molecular complexity index is 1550. The molecule has 6 nitrogen and oxygen atoms in total. The van der Waals surface area contributed by atoms with Gasteiger partial charge in [-0.2, -0.15) is 0 Å². The fourth-order valence-corrected chi connectivity index (χ4v) is 8.17. The Balaban J connectivity index is 1.10. The number of anilines is 1. The van der Waals surface area contributed by atoms with Crippen molar-refractivity contribution in [2.24, 2.45) is 11.3 Å². The van der Waals surface area contributed by atoms with Gasteiger partial charge in [-0.1, -0.05) is 37.3 Å². The number of aryl methyl sites for hydroxylation is 2. The number of hydrogen-bond donors (Lipinski definition) is 1. The highest BCUT2D eigenvalue weighted by molar-refractivity contribution is 7.91. The summed E-state index contributed by atoms with van der Waals surface area (Å²) in [5.41, 5.74) is 8.66. The van der Waals surface area contributed by atoms with Crippen LogP contribution < -0.4 is 10.1 Å². The van der Waals surface area contributed by atoms with Crippen LogP contribution in [-0.2, 0) is 38.8 Å². The molecule has 0 spiro atoms. The van der Waals surface area contributed by atoms with E-state index in [0.717, 1.165) is 43.7 Å². The van der Waals surface area contributed by atoms with Crippen molar-refractivity contribution >= 4 is 21.5 Å². The van der Waals surface area contributed by atoms with E-state index >= 15 is 0 Å². The Morgan fingerprint density at radius 2 is 1.71 bits per heavy atom. The lowest BCUT2D eigenvalue weighted by atomic mass is 9.85. The van der Waals surface area contributed by atoms with Gasteiger partial charge in [0.1, 0.15) is 15.6 Å². The highest BCUT2D eigenvalue weighted by Crippen LogP contribution is 2.48. The second-order valence-corrected chi connectivity index (χ2v) is 14.9. The van der Waals surface area contributed by atoms with E-state index in [1.54, 1.807) is 0 Å². The summed E-state index contributed by atoms with van der Waals surface area (Å²) >= 11 is 0. The van der Waals surface area contributed by atoms with Crippen molar-refractivity contribution in [1.29, 1.82) is 0 Å². The molecule has 0 bridgehead atoms. The van der Waals surface area contributed by atoms with Crippen molar-refractivity contribution in [3.05, 3.63) is 82.9 Å². The van der Waals surface area contributed by atoms with Crippen molar-refractivity contribution in [2.45, 2.75) is 64.8 Å². The molecule has 6 rings (SSSR count). The standard InChI is InChI=1S/C35H41NO5S/c1-3-40-34(37)33-21-32(33)26-9-11-28(12-10-26)36-22-24-7-8-25-5-4-6-27-20-29(13-14-30(27)31(25)19-24)41-23-35(2)15-17-42(38,39)18-16-35/h7-14,19-20,32-33,36H,3-6,15-18,21-23H2,1-2H3/t32?,33-/m0/s1. The zero-order chi connectivity index (χ0) is 29.3. The van der Waals surface area contributed by atoms with Crippen LogP contribution in [0.25, 0.3) is 11.1 Å². The van der Waals surface area contributed by atoms with Crippen LogP contribution in [0.15, 0.2) is 60.7 Å². The minimum Gasteiger partial charge on any atom is -0.493 e. The smallest absolute Gasteiger partial charge is 0.309 e. The van der Waals surface area contributed by atoms with Crippen LogP contribution in [0.5, 0.6) is 5.75 Å². The second kappa shape index (κ2) is 11.8. The van der Waals surface area contributed by atoms with E-state index in [1.165, 1.54) is 33.4 Å². The first-order chi connectivity index (χ1) is 20.2. The predicted octanol–water partition coefficient (Wildman–Crippen LogP) is 6.71. The van der Waals surface area contributed by atoms with Gasteiger partial charge in [0.15, 0.2) is 0 Å². The predicted molar refractivity (Wildman–Crippen MR) is 167 cm³/mol. The molecular weight excluding hydrogens is 546 g/mol. The molecule has 1 saturated heterocycles. The first-order valence-corrected chi connectivity index (χ1v) is 17.1. The Morgan fingerprint density at radius 1 is 0.952 bits per heavy atom. The minimum atomic E-state index is -2.89. The lowest BCUT2D eigenvalue weighted by Crippen LogP contribution is -2.35. The summed E-state index contributed by atoms with van der Waals surface area (Å²) in [6.07, 6.45) is 5.35. The maximum Gasteiger partial charge on any atom is 0.309 e. The van der Waals surface area contributed by atoms with Gasteiger partial charge in [-0.3, -0.25) is 4.79 Å². The molecule has 7 heteroatoms. The average molecular weight is 588 g/mol. The minimum absolute atomic E-state index is 0.00941. The molecule has 1 unspecified atom stereocenters. The number of fused-ring (bicyclic) bond motifs is 3. The van der Waals surface area contributed by atoms with Crippen LogP contribution in [-0.4, -0.2) is 39.1 Å². The molecule has 3 aromatic rings. The monoisotopic (exact) mass is 587 g/mol. The van der Waals surface area contributed by atoms with E-state index in [9.17, 15) is 13.2 Å². The SMILES string of the molecule is CCOC(=O)[C@H]1CC1c1ccc(NCc2ccc3c(c2)-c2ccc(OCC4(C)CCS(=O)(=O)CC4)cc2CCC3)cc1. The average Bonchev–Trinajstić information content (AvgIpc) is 3.81. The van der Waals surface area contributed by atoms with Crippen molar-refractivity contribution in [2.75, 3.05) is 30.0 Å². The lowest BCUT2D eigenvalue weighted by molar-refractivity contribution is -0.144. The second-order valence-electron chi connectivity index (χ2n) is 12.6. The molecule has 2 atom stereocenters. The van der Waals surface area contributed by atoms with Gasteiger partial charge in [0.05, 0.1) is 30.6 Å². The first-order valence-electron chi connectivity index (χ1n) is 15.3. The maximum absolute atomic E-state index is 12.0. The van der Waals surface area contributed by atoms with E-state index in [4.69, 9.17) is 9.47 Å². The molecule has 1 N–H and O–H groups in total. The Hall–Kier alpha value is -3.32. The summed E-state index contributed by atoms with van der Waals surface area (Å²) in [6, 6.07) is 21.7. The zero-order valence-electron chi connectivity index (χ0n) is 24.7. The molecule has 3 aromatic carbocycles. The van der Waals surface area contributed by atoms with Crippen molar-refractivity contribution < 1.29 is 22.7 Å². The zero-order valence-corrected chi connectivity index (χ0v) is 25.5. The summed E-state index contributed by atoms with van der Waals surface area (Å²) in [7, 11) is -2.89. The fraction of sp³-hybridized carbons (Fsp3) is 0.457. The van der Waals surface area contributed by atoms with Crippen LogP contribution >= 0.6 is 0 Å². The first kappa shape index (κ1) is 28.8. The van der Waals surface area contributed by atoms with Gasteiger partial charge in [0.25, 0.3) is 0 Å². The Morgan fingerprint density at radius 3 is 2.48 bits per heavy atom. The molecule has 1 saturated carbocycles. The third-order valence-electron chi connectivity index (χ3n) is 9.27. The number of nitrogens with one attached hydrogen (secondary N) is 1. The highest BCUT2D eigenvalue weighted by atomic mass is 32.2. The number of rotatable bonds is 9. The normalized spacial score (nSPS) is 21.8. The summed E-state index contributed by atoms with van der Waals surface area (Å²) < 4.78 is 35.2. The van der Waals surface area contributed by atoms with Crippen molar-refractivity contribution in [3.8, 4) is 16.9 Å². The molecule has 2 aliphatic carbocycles. The third kappa shape index (κ3) is 6.51. The fourth-order valence-electron chi connectivity index (χ4n) is 6.36. The van der Waals surface area contributed by atoms with Crippen molar-refractivity contribution in [3.63, 3.8) is 0 Å². The molecule has 3 aliphatic rings. The van der Waals surface area contributed by atoms with Crippen LogP contribution in [0, 0.1) is 11.3 Å². The molecule has 0 amide bonds. The lowest BCUT2D eigenvalue weighted by Gasteiger charge is -2.33. The summed E-state index contributed by atoms with van der Waals surface area (Å²) in [5, 5.41) is 3.56. The molecule has 222 valence electrons. The van der Waals surface area contributed by atoms with E-state index in [2.05, 4.69) is 72.9 Å². The van der Waals surface area contributed by atoms with Gasteiger partial charge in [-0.05, 0) is 115 Å². The molecule has 42 heavy (non-hydrogen) atoms. The highest BCUT2D eigenvalue weighted by Gasteiger charge is 2.45. The van der Waals surface area contributed by atoms with Crippen LogP contribution in [0.4, 0.5) is 5.69 Å². The topological polar surface area (TPSA) is 81.7 Å². The van der Waals surface area contributed by atoms with E-state index in [0.29, 0.717) is 26.1 Å². The van der Waals surface area contributed by atoms with Gasteiger partial charge in [-0.25, -0.2) is 8.42 Å². The van der Waals surface area contributed by atoms with Crippen molar-refractivity contribution in [1.82, 2.24) is 0 Å². The molecule has 0 aromatic heterocycles. The van der Waals surface area contributed by atoms with E-state index in [1.807, 2.05) is 6.92 Å². The number of ether oxygens (including phenoxy) is 2. The van der Waals surface area contributed by atoms with E-state index in [-0.39, 0.29) is 34.7 Å². The van der Waals surface area contributed by atoms with Gasteiger partial charge < -0.3 is 14.8 Å².